The summed E-state index contributed by atoms with van der Waals surface area (Å²) in [7, 11) is 0. The van der Waals surface area contributed by atoms with Gasteiger partial charge in [0.25, 0.3) is 0 Å². The smallest absolute Gasteiger partial charge is 0.321 e. The molecule has 2 aliphatic rings. The molecule has 4 N–H and O–H groups in total. The van der Waals surface area contributed by atoms with Crippen LogP contribution in [0, 0.1) is 5.82 Å². The molecular formula is C21H31FN8O2. The van der Waals surface area contributed by atoms with Crippen LogP contribution in [-0.4, -0.2) is 72.9 Å². The highest BCUT2D eigenvalue weighted by atomic mass is 19.1. The zero-order valence-electron chi connectivity index (χ0n) is 18.9. The fourth-order valence-electron chi connectivity index (χ4n) is 4.40. The Morgan fingerprint density at radius 3 is 2.91 bits per heavy atom. The van der Waals surface area contributed by atoms with Gasteiger partial charge in [0, 0.05) is 43.8 Å². The van der Waals surface area contributed by atoms with Crippen LogP contribution in [0.5, 0.6) is 0 Å². The van der Waals surface area contributed by atoms with Crippen molar-refractivity contribution in [2.24, 2.45) is 0 Å². The van der Waals surface area contributed by atoms with Crippen LogP contribution < -0.4 is 10.6 Å². The molecule has 1 fully saturated rings. The number of fused-ring (bicyclic) bond motifs is 1. The van der Waals surface area contributed by atoms with E-state index in [9.17, 15) is 14.3 Å². The Morgan fingerprint density at radius 2 is 2.19 bits per heavy atom. The molecule has 1 saturated heterocycles. The predicted octanol–water partition coefficient (Wildman–Crippen LogP) is 1.86. The lowest BCUT2D eigenvalue weighted by molar-refractivity contribution is 0.0759. The Hall–Kier alpha value is -2.79. The van der Waals surface area contributed by atoms with E-state index in [4.69, 9.17) is 0 Å². The van der Waals surface area contributed by atoms with E-state index >= 15 is 0 Å². The van der Waals surface area contributed by atoms with Gasteiger partial charge in [0.15, 0.2) is 17.5 Å². The number of aryl methyl sites for hydroxylation is 1. The lowest BCUT2D eigenvalue weighted by Gasteiger charge is -2.43. The Morgan fingerprint density at radius 1 is 1.41 bits per heavy atom. The lowest BCUT2D eigenvalue weighted by Crippen LogP contribution is -2.61. The second kappa shape index (κ2) is 8.62. The van der Waals surface area contributed by atoms with Crippen molar-refractivity contribution in [3.05, 3.63) is 29.1 Å². The first-order valence-electron chi connectivity index (χ1n) is 11.0. The van der Waals surface area contributed by atoms with Gasteiger partial charge >= 0.3 is 6.03 Å². The number of carbonyl (C=O) groups is 1. The minimum Gasteiger partial charge on any atom is -0.396 e. The molecule has 0 saturated carbocycles. The third kappa shape index (κ3) is 3.90. The van der Waals surface area contributed by atoms with E-state index in [2.05, 4.69) is 30.8 Å². The van der Waals surface area contributed by atoms with Crippen molar-refractivity contribution in [3.8, 4) is 0 Å². The summed E-state index contributed by atoms with van der Waals surface area (Å²) in [4.78, 5) is 25.4. The normalized spacial score (nSPS) is 22.2. The maximum absolute atomic E-state index is 14.3. The molecule has 2 aliphatic heterocycles. The summed E-state index contributed by atoms with van der Waals surface area (Å²) in [6.45, 7) is 9.49. The molecule has 2 aromatic rings. The van der Waals surface area contributed by atoms with E-state index in [0.29, 0.717) is 44.1 Å². The third-order valence-corrected chi connectivity index (χ3v) is 6.42. The van der Waals surface area contributed by atoms with Crippen molar-refractivity contribution in [3.63, 3.8) is 0 Å². The van der Waals surface area contributed by atoms with Crippen LogP contribution in [0.2, 0.25) is 0 Å². The molecule has 174 valence electrons. The van der Waals surface area contributed by atoms with E-state index < -0.39 is 11.4 Å². The van der Waals surface area contributed by atoms with Gasteiger partial charge in [-0.1, -0.05) is 6.92 Å². The molecule has 10 nitrogen and oxygen atoms in total. The number of piperazine rings is 1. The molecule has 0 bridgehead atoms. The molecule has 0 spiro atoms. The van der Waals surface area contributed by atoms with Gasteiger partial charge in [-0.2, -0.15) is 5.10 Å². The number of rotatable bonds is 5. The highest BCUT2D eigenvalue weighted by molar-refractivity contribution is 5.78. The van der Waals surface area contributed by atoms with E-state index in [-0.39, 0.29) is 30.5 Å². The van der Waals surface area contributed by atoms with E-state index in [1.807, 2.05) is 37.5 Å². The third-order valence-electron chi connectivity index (χ3n) is 6.42. The number of aliphatic hydroxyl groups is 1. The first kappa shape index (κ1) is 22.4. The average molecular weight is 447 g/mol. The van der Waals surface area contributed by atoms with Crippen LogP contribution >= 0.6 is 0 Å². The Bertz CT molecular complexity index is 994. The van der Waals surface area contributed by atoms with Crippen LogP contribution in [0.1, 0.15) is 51.2 Å². The molecule has 2 aromatic heterocycles. The zero-order chi connectivity index (χ0) is 23.0. The predicted molar refractivity (Wildman–Crippen MR) is 117 cm³/mol. The first-order valence-corrected chi connectivity index (χ1v) is 11.0. The number of aromatic amines is 1. The minimum atomic E-state index is -0.616. The molecule has 32 heavy (non-hydrogen) atoms. The van der Waals surface area contributed by atoms with Crippen molar-refractivity contribution in [1.29, 1.82) is 0 Å². The van der Waals surface area contributed by atoms with Gasteiger partial charge in [-0.15, -0.1) is 0 Å². The highest BCUT2D eigenvalue weighted by Gasteiger charge is 2.46. The van der Waals surface area contributed by atoms with Gasteiger partial charge in [0.1, 0.15) is 5.82 Å². The van der Waals surface area contributed by atoms with Gasteiger partial charge < -0.3 is 25.5 Å². The number of hydrogen-bond acceptors (Lipinski definition) is 7. The van der Waals surface area contributed by atoms with Crippen LogP contribution in [0.4, 0.5) is 20.8 Å². The molecule has 2 amide bonds. The maximum atomic E-state index is 14.3. The monoisotopic (exact) mass is 446 g/mol. The van der Waals surface area contributed by atoms with Gasteiger partial charge in [0.05, 0.1) is 24.0 Å². The first-order chi connectivity index (χ1) is 15.3. The summed E-state index contributed by atoms with van der Waals surface area (Å²) in [6, 6.07) is 0.0329. The quantitative estimate of drug-likeness (QED) is 0.553. The van der Waals surface area contributed by atoms with Crippen LogP contribution in [0.3, 0.4) is 0 Å². The topological polar surface area (TPSA) is 122 Å². The number of aromatic nitrogens is 4. The van der Waals surface area contributed by atoms with Gasteiger partial charge in [-0.3, -0.25) is 5.10 Å². The molecule has 0 aromatic carbocycles. The highest BCUT2D eigenvalue weighted by Crippen LogP contribution is 2.42. The minimum absolute atomic E-state index is 0.0329. The number of anilines is 2. The number of aliphatic hydroxyl groups excluding tert-OH is 1. The molecule has 0 aliphatic carbocycles. The van der Waals surface area contributed by atoms with Crippen molar-refractivity contribution < 1.29 is 14.3 Å². The Balaban J connectivity index is 1.57. The van der Waals surface area contributed by atoms with Crippen molar-refractivity contribution in [2.75, 3.05) is 25.0 Å². The molecule has 11 heteroatoms. The molecule has 2 atom stereocenters. The lowest BCUT2D eigenvalue weighted by atomic mass is 10.0. The van der Waals surface area contributed by atoms with E-state index in [0.717, 1.165) is 17.5 Å². The molecule has 0 radical (unpaired) electrons. The number of hydrogen-bond donors (Lipinski definition) is 4. The largest absolute Gasteiger partial charge is 0.396 e. The number of urea groups is 1. The number of carbonyl (C=O) groups excluding carboxylic acids is 1. The molecular weight excluding hydrogens is 415 g/mol. The summed E-state index contributed by atoms with van der Waals surface area (Å²) < 4.78 is 14.3. The average Bonchev–Trinajstić information content (AvgIpc) is 3.29. The van der Waals surface area contributed by atoms with Gasteiger partial charge in [-0.25, -0.2) is 19.2 Å². The second-order valence-corrected chi connectivity index (χ2v) is 8.93. The second-order valence-electron chi connectivity index (χ2n) is 8.93. The van der Waals surface area contributed by atoms with E-state index in [1.54, 1.807) is 0 Å². The van der Waals surface area contributed by atoms with Crippen molar-refractivity contribution in [2.45, 2.75) is 64.7 Å². The number of nitrogens with zero attached hydrogens (tertiary/aromatic N) is 5. The fraction of sp³-hybridized carbons (Fsp3) is 0.619. The fourth-order valence-corrected chi connectivity index (χ4v) is 4.40. The number of nitrogens with one attached hydrogen (secondary N) is 3. The SMILES string of the molecule is CCc1ncc(F)c(Nc2n[nH]c3c2CN(C(=O)N2CC(CCO)NC[C@@H]2C)C3(C)C)n1. The number of H-pyrrole nitrogens is 1. The number of halogens is 1. The summed E-state index contributed by atoms with van der Waals surface area (Å²) in [6.07, 6.45) is 2.33. The summed E-state index contributed by atoms with van der Waals surface area (Å²) in [5, 5.41) is 23.0. The maximum Gasteiger partial charge on any atom is 0.321 e. The van der Waals surface area contributed by atoms with Crippen LogP contribution in [0.25, 0.3) is 0 Å². The molecule has 4 rings (SSSR count). The van der Waals surface area contributed by atoms with Crippen molar-refractivity contribution in [1.82, 2.24) is 35.3 Å². The summed E-state index contributed by atoms with van der Waals surface area (Å²) in [5.41, 5.74) is 1.01. The molecule has 1 unspecified atom stereocenters. The summed E-state index contributed by atoms with van der Waals surface area (Å²) in [5.74, 6) is 0.489. The Labute approximate surface area is 186 Å². The van der Waals surface area contributed by atoms with Gasteiger partial charge in [0.2, 0.25) is 0 Å². The number of amides is 2. The van der Waals surface area contributed by atoms with E-state index in [1.165, 1.54) is 0 Å². The Kier molecular flexibility index (Phi) is 6.04. The molecule has 4 heterocycles. The summed E-state index contributed by atoms with van der Waals surface area (Å²) >= 11 is 0. The standard InChI is InChI=1S/C21H31FN8O2/c1-5-16-24-9-15(22)19(25-16)26-18-14-11-30(21(3,4)17(14)27-28-18)20(32)29-10-13(6-7-31)23-8-12(29)2/h9,12-13,23,31H,5-8,10-11H2,1-4H3,(H2,24,25,26,27,28)/t12-,13?/m0/s1. The van der Waals surface area contributed by atoms with Crippen LogP contribution in [-0.2, 0) is 18.5 Å². The van der Waals surface area contributed by atoms with Gasteiger partial charge in [-0.05, 0) is 27.2 Å². The van der Waals surface area contributed by atoms with Crippen LogP contribution in [0.15, 0.2) is 6.20 Å². The van der Waals surface area contributed by atoms with Crippen molar-refractivity contribution >= 4 is 17.7 Å². The zero-order valence-corrected chi connectivity index (χ0v) is 18.9.